The van der Waals surface area contributed by atoms with Gasteiger partial charge in [-0.25, -0.2) is 0 Å². The summed E-state index contributed by atoms with van der Waals surface area (Å²) >= 11 is 3.62. The largest absolute Gasteiger partial charge is 0.381 e. The second-order valence-corrected chi connectivity index (χ2v) is 5.99. The van der Waals surface area contributed by atoms with E-state index >= 15 is 0 Å². The molecule has 1 aromatic rings. The first-order valence-electron chi connectivity index (χ1n) is 6.74. The smallest absolute Gasteiger partial charge is 0.0586 e. The molecule has 1 N–H and O–H groups in total. The Kier molecular flexibility index (Phi) is 5.22. The van der Waals surface area contributed by atoms with Gasteiger partial charge in [-0.2, -0.15) is 0 Å². The van der Waals surface area contributed by atoms with Crippen LogP contribution in [-0.2, 0) is 4.74 Å². The Bertz CT molecular complexity index is 383. The number of nitrogens with one attached hydrogen (secondary N) is 1. The van der Waals surface area contributed by atoms with Gasteiger partial charge in [0.15, 0.2) is 0 Å². The van der Waals surface area contributed by atoms with Crippen molar-refractivity contribution in [2.45, 2.75) is 50.8 Å². The molecule has 0 aliphatic heterocycles. The van der Waals surface area contributed by atoms with Gasteiger partial charge in [0.2, 0.25) is 0 Å². The molecule has 1 aliphatic carbocycles. The Labute approximate surface area is 118 Å². The molecule has 0 radical (unpaired) electrons. The SMILES string of the molecule is COC1CCCC(N[C@@H](C)c2ccccc2Br)C1. The van der Waals surface area contributed by atoms with Crippen molar-refractivity contribution in [2.75, 3.05) is 7.11 Å². The topological polar surface area (TPSA) is 21.3 Å². The molecular formula is C15H22BrNO. The number of methoxy groups -OCH3 is 1. The molecule has 1 fully saturated rings. The van der Waals surface area contributed by atoms with E-state index in [0.29, 0.717) is 18.2 Å². The maximum absolute atomic E-state index is 5.48. The summed E-state index contributed by atoms with van der Waals surface area (Å²) in [7, 11) is 1.82. The molecule has 0 amide bonds. The molecule has 1 saturated carbocycles. The zero-order valence-corrected chi connectivity index (χ0v) is 12.7. The number of halogens is 1. The zero-order chi connectivity index (χ0) is 13.0. The van der Waals surface area contributed by atoms with Crippen LogP contribution in [0.4, 0.5) is 0 Å². The lowest BCUT2D eigenvalue weighted by molar-refractivity contribution is 0.0572. The molecular weight excluding hydrogens is 290 g/mol. The highest BCUT2D eigenvalue weighted by Crippen LogP contribution is 2.26. The second kappa shape index (κ2) is 6.69. The van der Waals surface area contributed by atoms with Gasteiger partial charge in [-0.1, -0.05) is 34.1 Å². The van der Waals surface area contributed by atoms with Crippen LogP contribution in [-0.4, -0.2) is 19.3 Å². The number of hydrogen-bond acceptors (Lipinski definition) is 2. The van der Waals surface area contributed by atoms with Gasteiger partial charge in [0, 0.05) is 23.7 Å². The first kappa shape index (κ1) is 14.0. The Morgan fingerprint density at radius 2 is 2.11 bits per heavy atom. The van der Waals surface area contributed by atoms with Crippen molar-refractivity contribution in [1.82, 2.24) is 5.32 Å². The van der Waals surface area contributed by atoms with Crippen LogP contribution in [0.2, 0.25) is 0 Å². The van der Waals surface area contributed by atoms with Gasteiger partial charge < -0.3 is 10.1 Å². The molecule has 3 atom stereocenters. The first-order valence-corrected chi connectivity index (χ1v) is 7.53. The lowest BCUT2D eigenvalue weighted by atomic mass is 9.92. The van der Waals surface area contributed by atoms with Crippen LogP contribution < -0.4 is 5.32 Å². The third-order valence-corrected chi connectivity index (χ3v) is 4.54. The fourth-order valence-electron chi connectivity index (χ4n) is 2.78. The van der Waals surface area contributed by atoms with E-state index in [1.165, 1.54) is 29.3 Å². The molecule has 0 bridgehead atoms. The summed E-state index contributed by atoms with van der Waals surface area (Å²) < 4.78 is 6.67. The molecule has 2 unspecified atom stereocenters. The van der Waals surface area contributed by atoms with Gasteiger partial charge >= 0.3 is 0 Å². The van der Waals surface area contributed by atoms with Crippen LogP contribution >= 0.6 is 15.9 Å². The standard InChI is InChI=1S/C15H22BrNO/c1-11(14-8-3-4-9-15(14)16)17-12-6-5-7-13(10-12)18-2/h3-4,8-9,11-13,17H,5-7,10H2,1-2H3/t11-,12?,13?/m0/s1. The fraction of sp³-hybridized carbons (Fsp3) is 0.600. The van der Waals surface area contributed by atoms with E-state index in [0.717, 1.165) is 6.42 Å². The van der Waals surface area contributed by atoms with Crippen molar-refractivity contribution in [3.63, 3.8) is 0 Å². The summed E-state index contributed by atoms with van der Waals surface area (Å²) in [6.45, 7) is 2.23. The Morgan fingerprint density at radius 1 is 1.33 bits per heavy atom. The maximum Gasteiger partial charge on any atom is 0.0586 e. The summed E-state index contributed by atoms with van der Waals surface area (Å²) in [5.74, 6) is 0. The molecule has 1 aliphatic rings. The molecule has 18 heavy (non-hydrogen) atoms. The van der Waals surface area contributed by atoms with Crippen molar-refractivity contribution >= 4 is 15.9 Å². The third-order valence-electron chi connectivity index (χ3n) is 3.82. The Hall–Kier alpha value is -0.380. The van der Waals surface area contributed by atoms with Crippen LogP contribution in [0.5, 0.6) is 0 Å². The molecule has 0 heterocycles. The van der Waals surface area contributed by atoms with Crippen LogP contribution in [0.25, 0.3) is 0 Å². The summed E-state index contributed by atoms with van der Waals surface area (Å²) in [6, 6.07) is 9.39. The minimum absolute atomic E-state index is 0.376. The summed E-state index contributed by atoms with van der Waals surface area (Å²) in [5, 5.41) is 3.73. The van der Waals surface area contributed by atoms with Gasteiger partial charge in [0.25, 0.3) is 0 Å². The average molecular weight is 312 g/mol. The highest BCUT2D eigenvalue weighted by Gasteiger charge is 2.23. The van der Waals surface area contributed by atoms with E-state index in [2.05, 4.69) is 52.4 Å². The predicted octanol–water partition coefficient (Wildman–Crippen LogP) is 4.06. The van der Waals surface area contributed by atoms with E-state index in [4.69, 9.17) is 4.74 Å². The summed E-state index contributed by atoms with van der Waals surface area (Å²) in [6.07, 6.45) is 5.29. The van der Waals surface area contributed by atoms with E-state index in [1.54, 1.807) is 0 Å². The molecule has 2 rings (SSSR count). The van der Waals surface area contributed by atoms with Crippen molar-refractivity contribution in [3.05, 3.63) is 34.3 Å². The minimum Gasteiger partial charge on any atom is -0.381 e. The van der Waals surface area contributed by atoms with Gasteiger partial charge in [0.05, 0.1) is 6.10 Å². The van der Waals surface area contributed by atoms with Crippen molar-refractivity contribution < 1.29 is 4.74 Å². The number of hydrogen-bond donors (Lipinski definition) is 1. The average Bonchev–Trinajstić information content (AvgIpc) is 2.39. The quantitative estimate of drug-likeness (QED) is 0.905. The number of benzene rings is 1. The molecule has 0 spiro atoms. The van der Waals surface area contributed by atoms with E-state index in [9.17, 15) is 0 Å². The van der Waals surface area contributed by atoms with E-state index in [1.807, 2.05) is 7.11 Å². The highest BCUT2D eigenvalue weighted by molar-refractivity contribution is 9.10. The molecule has 2 nitrogen and oxygen atoms in total. The van der Waals surface area contributed by atoms with Gasteiger partial charge in [-0.3, -0.25) is 0 Å². The lowest BCUT2D eigenvalue weighted by Gasteiger charge is -2.31. The fourth-order valence-corrected chi connectivity index (χ4v) is 3.41. The third kappa shape index (κ3) is 3.56. The predicted molar refractivity (Wildman–Crippen MR) is 78.7 cm³/mol. The van der Waals surface area contributed by atoms with Crippen LogP contribution in [0.15, 0.2) is 28.7 Å². The van der Waals surface area contributed by atoms with Crippen LogP contribution in [0.1, 0.15) is 44.2 Å². The van der Waals surface area contributed by atoms with Gasteiger partial charge in [-0.05, 0) is 44.2 Å². The number of ether oxygens (including phenoxy) is 1. The van der Waals surface area contributed by atoms with Crippen LogP contribution in [0.3, 0.4) is 0 Å². The molecule has 3 heteroatoms. The molecule has 1 aromatic carbocycles. The van der Waals surface area contributed by atoms with Crippen molar-refractivity contribution in [3.8, 4) is 0 Å². The molecule has 0 saturated heterocycles. The number of rotatable bonds is 4. The van der Waals surface area contributed by atoms with E-state index < -0.39 is 0 Å². The Balaban J connectivity index is 1.95. The van der Waals surface area contributed by atoms with Crippen LogP contribution in [0, 0.1) is 0 Å². The molecule has 100 valence electrons. The maximum atomic E-state index is 5.48. The minimum atomic E-state index is 0.376. The van der Waals surface area contributed by atoms with Gasteiger partial charge in [-0.15, -0.1) is 0 Å². The highest BCUT2D eigenvalue weighted by atomic mass is 79.9. The van der Waals surface area contributed by atoms with Gasteiger partial charge in [0.1, 0.15) is 0 Å². The van der Waals surface area contributed by atoms with E-state index in [-0.39, 0.29) is 0 Å². The summed E-state index contributed by atoms with van der Waals surface area (Å²) in [4.78, 5) is 0. The zero-order valence-electron chi connectivity index (χ0n) is 11.2. The summed E-state index contributed by atoms with van der Waals surface area (Å²) in [5.41, 5.74) is 1.33. The van der Waals surface area contributed by atoms with Crippen molar-refractivity contribution in [1.29, 1.82) is 0 Å². The Morgan fingerprint density at radius 3 is 2.83 bits per heavy atom. The molecule has 0 aromatic heterocycles. The first-order chi connectivity index (χ1) is 8.70. The monoisotopic (exact) mass is 311 g/mol. The lowest BCUT2D eigenvalue weighted by Crippen LogP contribution is -2.38. The van der Waals surface area contributed by atoms with Crippen molar-refractivity contribution in [2.24, 2.45) is 0 Å². The second-order valence-electron chi connectivity index (χ2n) is 5.13. The normalized spacial score (nSPS) is 25.9.